The van der Waals surface area contributed by atoms with Crippen molar-refractivity contribution in [2.24, 2.45) is 0 Å². The van der Waals surface area contributed by atoms with Crippen LogP contribution in [0.5, 0.6) is 0 Å². The summed E-state index contributed by atoms with van der Waals surface area (Å²) in [4.78, 5) is 13.2. The molecule has 0 amide bonds. The second kappa shape index (κ2) is 6.59. The molecule has 3 nitrogen and oxygen atoms in total. The van der Waals surface area contributed by atoms with E-state index in [0.29, 0.717) is 17.6 Å². The Hall–Kier alpha value is -2.39. The fourth-order valence-electron chi connectivity index (χ4n) is 5.74. The molecule has 5 rings (SSSR count). The number of esters is 1. The molecule has 2 saturated heterocycles. The molecule has 2 atom stereocenters. The van der Waals surface area contributed by atoms with Crippen LogP contribution in [-0.2, 0) is 4.74 Å². The molecule has 0 N–H and O–H groups in total. The van der Waals surface area contributed by atoms with Crippen molar-refractivity contribution in [3.8, 4) is 0 Å². The molecule has 0 radical (unpaired) electrons. The largest absolute Gasteiger partial charge is 0.458 e. The first-order valence-corrected chi connectivity index (χ1v) is 10.6. The summed E-state index contributed by atoms with van der Waals surface area (Å²) in [6, 6.07) is 19.7. The van der Waals surface area contributed by atoms with E-state index in [2.05, 4.69) is 32.2 Å². The van der Waals surface area contributed by atoms with Crippen molar-refractivity contribution in [2.75, 3.05) is 13.6 Å². The number of hydrogen-bond acceptors (Lipinski definition) is 2. The number of benzene rings is 3. The van der Waals surface area contributed by atoms with Crippen LogP contribution in [0, 0.1) is 0 Å². The van der Waals surface area contributed by atoms with E-state index in [1.165, 1.54) is 24.8 Å². The number of piperidine rings is 1. The van der Waals surface area contributed by atoms with Gasteiger partial charge in [0.05, 0.1) is 31.2 Å². The van der Waals surface area contributed by atoms with Crippen molar-refractivity contribution in [2.45, 2.75) is 50.8 Å². The molecule has 3 heteroatoms. The minimum absolute atomic E-state index is 0.0491. The molecule has 3 aromatic rings. The topological polar surface area (TPSA) is 26.3 Å². The number of nitrogens with zero attached hydrogens (tertiary/aromatic N) is 1. The Labute approximate surface area is 166 Å². The van der Waals surface area contributed by atoms with Gasteiger partial charge in [-0.1, -0.05) is 48.5 Å². The van der Waals surface area contributed by atoms with Crippen molar-refractivity contribution in [3.05, 3.63) is 60.2 Å². The Morgan fingerprint density at radius 2 is 1.57 bits per heavy atom. The third-order valence-corrected chi connectivity index (χ3v) is 7.51. The Balaban J connectivity index is 1.47. The van der Waals surface area contributed by atoms with Gasteiger partial charge in [0.15, 0.2) is 0 Å². The summed E-state index contributed by atoms with van der Waals surface area (Å²) in [5.41, 5.74) is 0.694. The molecule has 2 heterocycles. The highest BCUT2D eigenvalue weighted by Gasteiger charge is 2.51. The maximum absolute atomic E-state index is 13.2. The quantitative estimate of drug-likeness (QED) is 0.353. The second-order valence-corrected chi connectivity index (χ2v) is 8.74. The van der Waals surface area contributed by atoms with Crippen LogP contribution in [0.1, 0.15) is 43.0 Å². The first-order chi connectivity index (χ1) is 13.6. The Morgan fingerprint density at radius 3 is 2.25 bits per heavy atom. The van der Waals surface area contributed by atoms with Gasteiger partial charge >= 0.3 is 5.97 Å². The first-order valence-electron chi connectivity index (χ1n) is 10.6. The number of fused-ring (bicyclic) bond motifs is 5. The summed E-state index contributed by atoms with van der Waals surface area (Å²) in [6.07, 6.45) is 4.58. The van der Waals surface area contributed by atoms with Crippen molar-refractivity contribution in [1.82, 2.24) is 0 Å². The summed E-state index contributed by atoms with van der Waals surface area (Å²) in [5.74, 6) is -0.168. The van der Waals surface area contributed by atoms with Crippen LogP contribution in [0.15, 0.2) is 54.6 Å². The lowest BCUT2D eigenvalue weighted by Crippen LogP contribution is -2.58. The van der Waals surface area contributed by atoms with Gasteiger partial charge in [0, 0.05) is 25.7 Å². The van der Waals surface area contributed by atoms with Gasteiger partial charge in [-0.3, -0.25) is 0 Å². The smallest absolute Gasteiger partial charge is 0.339 e. The van der Waals surface area contributed by atoms with Crippen molar-refractivity contribution in [1.29, 1.82) is 0 Å². The number of carbonyl (C=O) groups excluding carboxylic acids is 1. The maximum atomic E-state index is 13.2. The van der Waals surface area contributed by atoms with E-state index in [1.807, 2.05) is 36.4 Å². The first kappa shape index (κ1) is 17.7. The molecule has 2 fully saturated rings. The molecule has 0 saturated carbocycles. The third kappa shape index (κ3) is 2.64. The van der Waals surface area contributed by atoms with Gasteiger partial charge in [0.1, 0.15) is 6.10 Å². The minimum Gasteiger partial charge on any atom is -0.458 e. The zero-order chi connectivity index (χ0) is 19.3. The fourth-order valence-corrected chi connectivity index (χ4v) is 5.74. The number of ether oxygens (including phenoxy) is 1. The van der Waals surface area contributed by atoms with E-state index in [9.17, 15) is 4.79 Å². The molecule has 144 valence electrons. The van der Waals surface area contributed by atoms with Gasteiger partial charge in [0.25, 0.3) is 0 Å². The summed E-state index contributed by atoms with van der Waals surface area (Å²) in [5, 5.41) is 4.37. The zero-order valence-electron chi connectivity index (χ0n) is 16.7. The SMILES string of the molecule is CC[N+]1(C)C2CCC1CC(OC(=O)c1cc3ccccc3c3ccccc13)C2. The number of carbonyl (C=O) groups is 1. The number of rotatable bonds is 3. The van der Waals surface area contributed by atoms with E-state index in [-0.39, 0.29) is 12.1 Å². The molecule has 0 aromatic heterocycles. The molecular formula is C25H28NO2+. The van der Waals surface area contributed by atoms with Gasteiger partial charge in [-0.25, -0.2) is 4.79 Å². The maximum Gasteiger partial charge on any atom is 0.339 e. The Bertz CT molecular complexity index is 1040. The number of quaternary nitrogens is 1. The Morgan fingerprint density at radius 1 is 0.964 bits per heavy atom. The van der Waals surface area contributed by atoms with E-state index in [4.69, 9.17) is 4.74 Å². The highest BCUT2D eigenvalue weighted by molar-refractivity contribution is 6.16. The molecule has 3 aromatic carbocycles. The van der Waals surface area contributed by atoms with E-state index < -0.39 is 0 Å². The summed E-state index contributed by atoms with van der Waals surface area (Å²) >= 11 is 0. The van der Waals surface area contributed by atoms with Gasteiger partial charge < -0.3 is 9.22 Å². The van der Waals surface area contributed by atoms with Crippen LogP contribution >= 0.6 is 0 Å². The minimum atomic E-state index is -0.168. The lowest BCUT2D eigenvalue weighted by Gasteiger charge is -2.46. The van der Waals surface area contributed by atoms with Crippen LogP contribution in [0.25, 0.3) is 21.5 Å². The molecule has 0 aliphatic carbocycles. The zero-order valence-corrected chi connectivity index (χ0v) is 16.7. The van der Waals surface area contributed by atoms with Crippen LogP contribution in [0.4, 0.5) is 0 Å². The van der Waals surface area contributed by atoms with Crippen LogP contribution in [-0.4, -0.2) is 42.2 Å². The molecule has 2 bridgehead atoms. The highest BCUT2D eigenvalue weighted by atomic mass is 16.5. The predicted octanol–water partition coefficient (Wildman–Crippen LogP) is 5.31. The molecule has 2 unspecified atom stereocenters. The van der Waals surface area contributed by atoms with Crippen molar-refractivity contribution in [3.63, 3.8) is 0 Å². The molecule has 2 aliphatic heterocycles. The van der Waals surface area contributed by atoms with E-state index >= 15 is 0 Å². The van der Waals surface area contributed by atoms with Gasteiger partial charge in [-0.05, 0) is 34.5 Å². The van der Waals surface area contributed by atoms with Crippen LogP contribution in [0.2, 0.25) is 0 Å². The molecule has 2 aliphatic rings. The van der Waals surface area contributed by atoms with Crippen LogP contribution < -0.4 is 0 Å². The lowest BCUT2D eigenvalue weighted by atomic mass is 9.95. The standard InChI is InChI=1S/C25H28NO2/c1-3-26(2)18-12-13-19(26)16-20(15-18)28-25(27)24-14-17-8-4-5-9-21(17)22-10-6-7-11-23(22)24/h4-11,14,18-20H,3,12-13,15-16H2,1-2H3/q+1. The molecular weight excluding hydrogens is 346 g/mol. The summed E-state index contributed by atoms with van der Waals surface area (Å²) in [7, 11) is 2.39. The average Bonchev–Trinajstić information content (AvgIpc) is 2.90. The second-order valence-electron chi connectivity index (χ2n) is 8.74. The Kier molecular flexibility index (Phi) is 4.17. The van der Waals surface area contributed by atoms with E-state index in [0.717, 1.165) is 33.5 Å². The highest BCUT2D eigenvalue weighted by Crippen LogP contribution is 2.42. The molecule has 0 spiro atoms. The lowest BCUT2D eigenvalue weighted by molar-refractivity contribution is -0.947. The summed E-state index contributed by atoms with van der Waals surface area (Å²) in [6.45, 7) is 3.46. The average molecular weight is 375 g/mol. The summed E-state index contributed by atoms with van der Waals surface area (Å²) < 4.78 is 7.26. The van der Waals surface area contributed by atoms with Gasteiger partial charge in [-0.2, -0.15) is 0 Å². The van der Waals surface area contributed by atoms with Gasteiger partial charge in [-0.15, -0.1) is 0 Å². The fraction of sp³-hybridized carbons (Fsp3) is 0.400. The van der Waals surface area contributed by atoms with E-state index in [1.54, 1.807) is 0 Å². The number of hydrogen-bond donors (Lipinski definition) is 0. The normalized spacial score (nSPS) is 29.3. The van der Waals surface area contributed by atoms with Crippen LogP contribution in [0.3, 0.4) is 0 Å². The monoisotopic (exact) mass is 374 g/mol. The third-order valence-electron chi connectivity index (χ3n) is 7.51. The van der Waals surface area contributed by atoms with Gasteiger partial charge in [0.2, 0.25) is 0 Å². The van der Waals surface area contributed by atoms with Crippen molar-refractivity contribution < 1.29 is 14.0 Å². The predicted molar refractivity (Wildman–Crippen MR) is 113 cm³/mol. The molecule has 28 heavy (non-hydrogen) atoms. The van der Waals surface area contributed by atoms with Crippen molar-refractivity contribution >= 4 is 27.5 Å².